The second-order valence-corrected chi connectivity index (χ2v) is 5.58. The van der Waals surface area contributed by atoms with Gasteiger partial charge in [0.05, 0.1) is 5.75 Å². The fourth-order valence-corrected chi connectivity index (χ4v) is 2.92. The highest BCUT2D eigenvalue weighted by atomic mass is 32.2. The minimum absolute atomic E-state index is 0.0913. The van der Waals surface area contributed by atoms with E-state index in [1.54, 1.807) is 17.1 Å². The molecule has 0 bridgehead atoms. The van der Waals surface area contributed by atoms with E-state index in [2.05, 4.69) is 10.9 Å². The quantitative estimate of drug-likeness (QED) is 0.677. The lowest BCUT2D eigenvalue weighted by atomic mass is 10.2. The third-order valence-electron chi connectivity index (χ3n) is 2.38. The Morgan fingerprint density at radius 3 is 2.74 bits per heavy atom. The highest BCUT2D eigenvalue weighted by Gasteiger charge is 2.09. The van der Waals surface area contributed by atoms with Gasteiger partial charge in [-0.1, -0.05) is 30.2 Å². The van der Waals surface area contributed by atoms with Crippen molar-refractivity contribution in [2.24, 2.45) is 0 Å². The van der Waals surface area contributed by atoms with E-state index in [1.165, 1.54) is 16.9 Å². The van der Waals surface area contributed by atoms with E-state index < -0.39 is 5.97 Å². The highest BCUT2D eigenvalue weighted by molar-refractivity contribution is 7.98. The summed E-state index contributed by atoms with van der Waals surface area (Å²) in [5.74, 6) is 3.17. The average molecular weight is 289 g/mol. The van der Waals surface area contributed by atoms with Crippen LogP contribution in [0.15, 0.2) is 29.6 Å². The zero-order valence-electron chi connectivity index (χ0n) is 10.00. The summed E-state index contributed by atoms with van der Waals surface area (Å²) in [7, 11) is 0. The van der Waals surface area contributed by atoms with E-state index in [-0.39, 0.29) is 5.69 Å². The summed E-state index contributed by atoms with van der Waals surface area (Å²) in [4.78, 5) is 14.8. The number of thiazole rings is 1. The third kappa shape index (κ3) is 3.60. The molecule has 0 radical (unpaired) electrons. The van der Waals surface area contributed by atoms with Gasteiger partial charge in [-0.3, -0.25) is 0 Å². The Morgan fingerprint density at radius 2 is 2.16 bits per heavy atom. The smallest absolute Gasteiger partial charge is 0.355 e. The molecule has 0 aliphatic heterocycles. The number of hydrogen-bond donors (Lipinski definition) is 1. The Balaban J connectivity index is 2.09. The van der Waals surface area contributed by atoms with Crippen molar-refractivity contribution in [2.75, 3.05) is 5.75 Å². The van der Waals surface area contributed by atoms with Gasteiger partial charge in [0.25, 0.3) is 0 Å². The zero-order valence-corrected chi connectivity index (χ0v) is 11.6. The molecular formula is C14H11NO2S2. The molecule has 0 saturated carbocycles. The second kappa shape index (κ2) is 6.41. The normalized spacial score (nSPS) is 10.1. The van der Waals surface area contributed by atoms with Crippen molar-refractivity contribution >= 4 is 29.1 Å². The Kier molecular flexibility index (Phi) is 4.61. The molecule has 5 heteroatoms. The highest BCUT2D eigenvalue weighted by Crippen LogP contribution is 2.24. The summed E-state index contributed by atoms with van der Waals surface area (Å²) in [6.07, 6.45) is 5.19. The number of aromatic nitrogens is 1. The molecule has 0 unspecified atom stereocenters. The van der Waals surface area contributed by atoms with Gasteiger partial charge in [0, 0.05) is 16.7 Å². The molecule has 1 aromatic heterocycles. The molecular weight excluding hydrogens is 278 g/mol. The largest absolute Gasteiger partial charge is 0.476 e. The van der Waals surface area contributed by atoms with Crippen LogP contribution in [-0.2, 0) is 5.75 Å². The Morgan fingerprint density at radius 1 is 1.42 bits per heavy atom. The van der Waals surface area contributed by atoms with E-state index in [0.29, 0.717) is 5.75 Å². The van der Waals surface area contributed by atoms with E-state index in [1.807, 2.05) is 24.3 Å². The number of carboxylic acids is 1. The number of carboxylic acid groups (broad SMARTS) is 1. The molecule has 2 aromatic rings. The summed E-state index contributed by atoms with van der Waals surface area (Å²) in [6, 6.07) is 7.94. The van der Waals surface area contributed by atoms with Crippen LogP contribution in [0.25, 0.3) is 10.6 Å². The molecule has 96 valence electrons. The van der Waals surface area contributed by atoms with Crippen LogP contribution in [0.1, 0.15) is 16.1 Å². The van der Waals surface area contributed by atoms with Crippen molar-refractivity contribution in [1.29, 1.82) is 0 Å². The standard InChI is InChI=1S/C14H11NO2S2/c1-2-7-18-8-10-3-5-11(6-4-10)13-15-12(9-19-13)14(16)17/h1,3-6,9H,7-8H2,(H,16,17). The zero-order chi connectivity index (χ0) is 13.7. The monoisotopic (exact) mass is 289 g/mol. The lowest BCUT2D eigenvalue weighted by Gasteiger charge is -2.01. The summed E-state index contributed by atoms with van der Waals surface area (Å²) in [6.45, 7) is 0. The number of carbonyl (C=O) groups is 1. The van der Waals surface area contributed by atoms with Gasteiger partial charge >= 0.3 is 5.97 Å². The van der Waals surface area contributed by atoms with Gasteiger partial charge in [0.15, 0.2) is 5.69 Å². The van der Waals surface area contributed by atoms with Crippen LogP contribution in [0.4, 0.5) is 0 Å². The molecule has 0 atom stereocenters. The Hall–Kier alpha value is -1.77. The van der Waals surface area contributed by atoms with Crippen molar-refractivity contribution in [2.45, 2.75) is 5.75 Å². The first kappa shape index (κ1) is 13.7. The van der Waals surface area contributed by atoms with E-state index in [9.17, 15) is 4.79 Å². The Labute approximate surface area is 119 Å². The molecule has 0 aliphatic rings. The molecule has 1 N–H and O–H groups in total. The molecule has 0 aliphatic carbocycles. The maximum Gasteiger partial charge on any atom is 0.355 e. The predicted molar refractivity (Wildman–Crippen MR) is 79.5 cm³/mol. The number of thioether (sulfide) groups is 1. The van der Waals surface area contributed by atoms with E-state index >= 15 is 0 Å². The topological polar surface area (TPSA) is 50.2 Å². The van der Waals surface area contributed by atoms with Crippen LogP contribution in [-0.4, -0.2) is 21.8 Å². The summed E-state index contributed by atoms with van der Waals surface area (Å²) in [5, 5.41) is 11.1. The lowest BCUT2D eigenvalue weighted by Crippen LogP contribution is -1.95. The molecule has 0 saturated heterocycles. The number of benzene rings is 1. The summed E-state index contributed by atoms with van der Waals surface area (Å²) < 4.78 is 0. The molecule has 0 spiro atoms. The van der Waals surface area contributed by atoms with Crippen LogP contribution >= 0.6 is 23.1 Å². The van der Waals surface area contributed by atoms with Gasteiger partial charge in [-0.15, -0.1) is 29.5 Å². The molecule has 0 fully saturated rings. The molecule has 1 heterocycles. The summed E-state index contributed by atoms with van der Waals surface area (Å²) in [5.41, 5.74) is 2.22. The van der Waals surface area contributed by atoms with Crippen LogP contribution in [0.5, 0.6) is 0 Å². The predicted octanol–water partition coefficient (Wildman–Crippen LogP) is 3.37. The van der Waals surface area contributed by atoms with Crippen molar-refractivity contribution in [3.05, 3.63) is 40.9 Å². The number of aromatic carboxylic acids is 1. The molecule has 2 rings (SSSR count). The molecule has 3 nitrogen and oxygen atoms in total. The van der Waals surface area contributed by atoms with E-state index in [4.69, 9.17) is 11.5 Å². The minimum atomic E-state index is -0.996. The van der Waals surface area contributed by atoms with Gasteiger partial charge in [0.2, 0.25) is 0 Å². The molecule has 1 aromatic carbocycles. The van der Waals surface area contributed by atoms with Crippen molar-refractivity contribution in [3.63, 3.8) is 0 Å². The van der Waals surface area contributed by atoms with E-state index in [0.717, 1.165) is 16.3 Å². The molecule has 19 heavy (non-hydrogen) atoms. The maximum absolute atomic E-state index is 10.8. The van der Waals surface area contributed by atoms with Crippen LogP contribution in [0.3, 0.4) is 0 Å². The van der Waals surface area contributed by atoms with Gasteiger partial charge in [-0.2, -0.15) is 0 Å². The first-order chi connectivity index (χ1) is 9.20. The second-order valence-electron chi connectivity index (χ2n) is 3.74. The maximum atomic E-state index is 10.8. The van der Waals surface area contributed by atoms with Gasteiger partial charge < -0.3 is 5.11 Å². The average Bonchev–Trinajstić information content (AvgIpc) is 2.90. The Bertz CT molecular complexity index is 611. The number of hydrogen-bond acceptors (Lipinski definition) is 4. The fraction of sp³-hybridized carbons (Fsp3) is 0.143. The number of rotatable bonds is 5. The SMILES string of the molecule is C#CCSCc1ccc(-c2nc(C(=O)O)cs2)cc1. The lowest BCUT2D eigenvalue weighted by molar-refractivity contribution is 0.0691. The molecule has 0 amide bonds. The minimum Gasteiger partial charge on any atom is -0.476 e. The van der Waals surface area contributed by atoms with Crippen LogP contribution in [0.2, 0.25) is 0 Å². The first-order valence-corrected chi connectivity index (χ1v) is 7.53. The van der Waals surface area contributed by atoms with Crippen molar-refractivity contribution in [1.82, 2.24) is 4.98 Å². The van der Waals surface area contributed by atoms with Crippen molar-refractivity contribution < 1.29 is 9.90 Å². The van der Waals surface area contributed by atoms with Crippen molar-refractivity contribution in [3.8, 4) is 22.9 Å². The van der Waals surface area contributed by atoms with Crippen LogP contribution < -0.4 is 0 Å². The van der Waals surface area contributed by atoms with Gasteiger partial charge in [0.1, 0.15) is 5.01 Å². The number of nitrogens with zero attached hydrogens (tertiary/aromatic N) is 1. The van der Waals surface area contributed by atoms with Crippen LogP contribution in [0, 0.1) is 12.3 Å². The fourth-order valence-electron chi connectivity index (χ4n) is 1.48. The summed E-state index contributed by atoms with van der Waals surface area (Å²) >= 11 is 3.02. The first-order valence-electron chi connectivity index (χ1n) is 5.50. The number of terminal acetylenes is 1. The third-order valence-corrected chi connectivity index (χ3v) is 4.18. The van der Waals surface area contributed by atoms with Gasteiger partial charge in [-0.25, -0.2) is 9.78 Å². The van der Waals surface area contributed by atoms with Gasteiger partial charge in [-0.05, 0) is 5.56 Å².